The van der Waals surface area contributed by atoms with Crippen molar-refractivity contribution in [2.75, 3.05) is 19.8 Å². The molecule has 1 aliphatic rings. The lowest BCUT2D eigenvalue weighted by atomic mass is 9.87. The van der Waals surface area contributed by atoms with Crippen LogP contribution in [0, 0.1) is 11.3 Å². The van der Waals surface area contributed by atoms with Gasteiger partial charge in [-0.2, -0.15) is 0 Å². The molecular weight excluding hydrogens is 961 g/mol. The molecule has 6 nitrogen and oxygen atoms in total. The highest BCUT2D eigenvalue weighted by atomic mass is 16.6. The van der Waals surface area contributed by atoms with Crippen LogP contribution < -0.4 is 0 Å². The molecule has 0 aliphatic heterocycles. The molecule has 0 unspecified atom stereocenters. The fourth-order valence-electron chi connectivity index (χ4n) is 12.1. The van der Waals surface area contributed by atoms with Crippen molar-refractivity contribution < 1.29 is 28.6 Å². The maximum absolute atomic E-state index is 14.0. The molecule has 1 saturated carbocycles. The summed E-state index contributed by atoms with van der Waals surface area (Å²) >= 11 is 0. The summed E-state index contributed by atoms with van der Waals surface area (Å²) in [5, 5.41) is 0. The monoisotopic (exact) mass is 1100 g/mol. The summed E-state index contributed by atoms with van der Waals surface area (Å²) < 4.78 is 18.3. The van der Waals surface area contributed by atoms with Crippen molar-refractivity contribution in [3.63, 3.8) is 0 Å². The van der Waals surface area contributed by atoms with E-state index in [1.54, 1.807) is 0 Å². The number of ether oxygens (including phenoxy) is 3. The predicted octanol–water partition coefficient (Wildman–Crippen LogP) is 24.1. The van der Waals surface area contributed by atoms with E-state index in [1.807, 2.05) is 6.92 Å². The third-order valence-electron chi connectivity index (χ3n) is 18.0. The zero-order valence-corrected chi connectivity index (χ0v) is 53.3. The average molecular weight is 1100 g/mol. The molecule has 0 N–H and O–H groups in total. The molecule has 0 spiro atoms. The lowest BCUT2D eigenvalue weighted by molar-refractivity contribution is -0.164. The van der Waals surface area contributed by atoms with Gasteiger partial charge in [0.1, 0.15) is 19.8 Å². The van der Waals surface area contributed by atoms with E-state index in [0.29, 0.717) is 19.3 Å². The second-order valence-electron chi connectivity index (χ2n) is 25.6. The first kappa shape index (κ1) is 74.4. The summed E-state index contributed by atoms with van der Waals surface area (Å²) in [6.07, 6.45) is 76.8. The minimum Gasteiger partial charge on any atom is -0.465 e. The third-order valence-corrected chi connectivity index (χ3v) is 18.0. The van der Waals surface area contributed by atoms with Crippen molar-refractivity contribution in [3.8, 4) is 0 Å². The smallest absolute Gasteiger partial charge is 0.308 e. The van der Waals surface area contributed by atoms with Crippen LogP contribution in [-0.4, -0.2) is 37.7 Å². The van der Waals surface area contributed by atoms with Crippen LogP contribution >= 0.6 is 0 Å². The molecule has 0 heterocycles. The average Bonchev–Trinajstić information content (AvgIpc) is 3.44. The standard InChI is InChI=1S/C72H138O6/c1-4-7-9-11-13-15-17-19-21-23-25-31-35-39-43-47-51-55-59-63-69(73)76-65-72(6-3,66-77-70(74)64-60-56-52-48-44-40-36-32-26-24-22-20-18-16-14-12-10-8-5-2)67-78-71(75)68-61-57-53-49-45-41-37-33-29-27-28-30-34-38-42-46-50-54-58-62-68/h68H,4-67H2,1-3H3. The summed E-state index contributed by atoms with van der Waals surface area (Å²) in [6.45, 7) is 6.95. The zero-order valence-electron chi connectivity index (χ0n) is 53.3. The molecule has 0 radical (unpaired) electrons. The van der Waals surface area contributed by atoms with Gasteiger partial charge in [-0.15, -0.1) is 0 Å². The molecule has 1 fully saturated rings. The molecule has 462 valence electrons. The first-order chi connectivity index (χ1) is 38.5. The van der Waals surface area contributed by atoms with E-state index < -0.39 is 5.41 Å². The molecule has 0 aromatic rings. The number of unbranched alkanes of at least 4 members (excludes halogenated alkanes) is 36. The van der Waals surface area contributed by atoms with Crippen LogP contribution in [0.4, 0.5) is 0 Å². The fourth-order valence-corrected chi connectivity index (χ4v) is 12.1. The van der Waals surface area contributed by atoms with Gasteiger partial charge >= 0.3 is 17.9 Å². The highest BCUT2D eigenvalue weighted by Gasteiger charge is 2.35. The molecule has 0 atom stereocenters. The van der Waals surface area contributed by atoms with Crippen molar-refractivity contribution in [2.45, 2.75) is 412 Å². The Kier molecular flexibility index (Phi) is 57.3. The van der Waals surface area contributed by atoms with E-state index >= 15 is 0 Å². The topological polar surface area (TPSA) is 78.9 Å². The number of hydrogen-bond donors (Lipinski definition) is 0. The van der Waals surface area contributed by atoms with Crippen LogP contribution in [0.5, 0.6) is 0 Å². The van der Waals surface area contributed by atoms with Gasteiger partial charge in [-0.1, -0.05) is 367 Å². The first-order valence-electron chi connectivity index (χ1n) is 35.9. The molecule has 0 aromatic carbocycles. The van der Waals surface area contributed by atoms with Gasteiger partial charge in [0, 0.05) is 12.8 Å². The molecule has 1 aliphatic carbocycles. The second-order valence-corrected chi connectivity index (χ2v) is 25.6. The zero-order chi connectivity index (χ0) is 56.2. The molecule has 0 amide bonds. The van der Waals surface area contributed by atoms with Crippen LogP contribution in [0.1, 0.15) is 412 Å². The van der Waals surface area contributed by atoms with Gasteiger partial charge in [-0.25, -0.2) is 0 Å². The molecule has 0 saturated heterocycles. The van der Waals surface area contributed by atoms with E-state index in [2.05, 4.69) is 13.8 Å². The molecule has 1 rings (SSSR count). The third kappa shape index (κ3) is 51.3. The normalized spacial score (nSPS) is 15.4. The van der Waals surface area contributed by atoms with E-state index in [4.69, 9.17) is 14.2 Å². The molecule has 0 bridgehead atoms. The number of rotatable bonds is 48. The van der Waals surface area contributed by atoms with Gasteiger partial charge in [0.05, 0.1) is 11.3 Å². The highest BCUT2D eigenvalue weighted by Crippen LogP contribution is 2.28. The summed E-state index contributed by atoms with van der Waals surface area (Å²) in [6, 6.07) is 0. The van der Waals surface area contributed by atoms with Gasteiger partial charge < -0.3 is 14.2 Å². The predicted molar refractivity (Wildman–Crippen MR) is 337 cm³/mol. The van der Waals surface area contributed by atoms with Crippen molar-refractivity contribution in [3.05, 3.63) is 0 Å². The van der Waals surface area contributed by atoms with Crippen LogP contribution in [0.2, 0.25) is 0 Å². The second kappa shape index (κ2) is 60.0. The van der Waals surface area contributed by atoms with Gasteiger partial charge in [0.2, 0.25) is 0 Å². The van der Waals surface area contributed by atoms with Crippen LogP contribution in [0.3, 0.4) is 0 Å². The SMILES string of the molecule is CCCCCCCCCCCCCCCCCCCCCC(=O)OCC(CC)(COC(=O)CCCCCCCCCCCCCCCCCCCCC)COC(=O)C1CCCCCCCCCCCCCCCCCCCC1. The minimum atomic E-state index is -0.756. The van der Waals surface area contributed by atoms with E-state index in [-0.39, 0.29) is 43.6 Å². The van der Waals surface area contributed by atoms with Gasteiger partial charge in [-0.3, -0.25) is 14.4 Å². The van der Waals surface area contributed by atoms with Gasteiger partial charge in [-0.05, 0) is 32.1 Å². The minimum absolute atomic E-state index is 0.103. The summed E-state index contributed by atoms with van der Waals surface area (Å²) in [7, 11) is 0. The van der Waals surface area contributed by atoms with Crippen LogP contribution in [0.15, 0.2) is 0 Å². The Morgan fingerprint density at radius 3 is 0.718 bits per heavy atom. The quantitative estimate of drug-likeness (QED) is 0.0343. The van der Waals surface area contributed by atoms with E-state index in [0.717, 1.165) is 64.2 Å². The largest absolute Gasteiger partial charge is 0.465 e. The molecule has 6 heteroatoms. The maximum atomic E-state index is 14.0. The number of carbonyl (C=O) groups is 3. The van der Waals surface area contributed by atoms with Crippen molar-refractivity contribution >= 4 is 17.9 Å². The van der Waals surface area contributed by atoms with Crippen molar-refractivity contribution in [2.24, 2.45) is 11.3 Å². The summed E-state index contributed by atoms with van der Waals surface area (Å²) in [5.74, 6) is -0.621. The molecule has 0 aromatic heterocycles. The summed E-state index contributed by atoms with van der Waals surface area (Å²) in [4.78, 5) is 40.5. The molecular formula is C72H138O6. The van der Waals surface area contributed by atoms with Crippen molar-refractivity contribution in [1.29, 1.82) is 0 Å². The summed E-state index contributed by atoms with van der Waals surface area (Å²) in [5.41, 5.74) is -0.756. The van der Waals surface area contributed by atoms with Gasteiger partial charge in [0.25, 0.3) is 0 Å². The highest BCUT2D eigenvalue weighted by molar-refractivity contribution is 5.72. The maximum Gasteiger partial charge on any atom is 0.308 e. The lowest BCUT2D eigenvalue weighted by Gasteiger charge is -2.31. The van der Waals surface area contributed by atoms with Crippen molar-refractivity contribution in [1.82, 2.24) is 0 Å². The first-order valence-corrected chi connectivity index (χ1v) is 35.9. The van der Waals surface area contributed by atoms with Crippen LogP contribution in [0.25, 0.3) is 0 Å². The van der Waals surface area contributed by atoms with Crippen LogP contribution in [-0.2, 0) is 28.6 Å². The Morgan fingerprint density at radius 1 is 0.282 bits per heavy atom. The molecule has 78 heavy (non-hydrogen) atoms. The van der Waals surface area contributed by atoms with E-state index in [1.165, 1.54) is 308 Å². The number of esters is 3. The lowest BCUT2D eigenvalue weighted by Crippen LogP contribution is -2.39. The Labute approximate surface area is 487 Å². The Hall–Kier alpha value is -1.59. The van der Waals surface area contributed by atoms with Gasteiger partial charge in [0.15, 0.2) is 0 Å². The Morgan fingerprint density at radius 2 is 0.487 bits per heavy atom. The Balaban J connectivity index is 2.57. The van der Waals surface area contributed by atoms with E-state index in [9.17, 15) is 14.4 Å². The Bertz CT molecular complexity index is 1170. The fraction of sp³-hybridized carbons (Fsp3) is 0.958. The number of carbonyl (C=O) groups excluding carboxylic acids is 3. The number of hydrogen-bond acceptors (Lipinski definition) is 6.